The summed E-state index contributed by atoms with van der Waals surface area (Å²) in [6, 6.07) is 7.27. The van der Waals surface area contributed by atoms with Gasteiger partial charge in [0.15, 0.2) is 6.10 Å². The van der Waals surface area contributed by atoms with Gasteiger partial charge >= 0.3 is 5.97 Å². The van der Waals surface area contributed by atoms with Crippen molar-refractivity contribution in [2.45, 2.75) is 39.7 Å². The van der Waals surface area contributed by atoms with E-state index in [0.717, 1.165) is 12.2 Å². The minimum atomic E-state index is -0.553. The first-order valence-electron chi connectivity index (χ1n) is 6.77. The molecule has 0 heterocycles. The van der Waals surface area contributed by atoms with Crippen LogP contribution >= 0.6 is 0 Å². The van der Waals surface area contributed by atoms with Crippen molar-refractivity contribution in [3.63, 3.8) is 0 Å². The van der Waals surface area contributed by atoms with Gasteiger partial charge in [0, 0.05) is 0 Å². The number of hydrogen-bond acceptors (Lipinski definition) is 4. The number of rotatable bonds is 8. The highest BCUT2D eigenvalue weighted by atomic mass is 16.6. The first-order valence-corrected chi connectivity index (χ1v) is 6.77. The van der Waals surface area contributed by atoms with E-state index in [1.54, 1.807) is 19.1 Å². The fourth-order valence-electron chi connectivity index (χ4n) is 1.53. The quantitative estimate of drug-likeness (QED) is 0.678. The summed E-state index contributed by atoms with van der Waals surface area (Å²) in [6.07, 6.45) is 0.994. The smallest absolute Gasteiger partial charge is 0.347 e. The number of carbonyl (C=O) groups is 1. The highest BCUT2D eigenvalue weighted by molar-refractivity contribution is 5.75. The minimum Gasteiger partial charge on any atom is -0.494 e. The van der Waals surface area contributed by atoms with Crippen molar-refractivity contribution in [1.29, 1.82) is 0 Å². The molecule has 106 valence electrons. The lowest BCUT2D eigenvalue weighted by atomic mass is 10.2. The van der Waals surface area contributed by atoms with Gasteiger partial charge in [0.1, 0.15) is 11.5 Å². The van der Waals surface area contributed by atoms with Crippen molar-refractivity contribution < 1.29 is 19.0 Å². The average molecular weight is 266 g/mol. The van der Waals surface area contributed by atoms with Gasteiger partial charge in [-0.1, -0.05) is 13.8 Å². The molecule has 0 aliphatic heterocycles. The van der Waals surface area contributed by atoms with Gasteiger partial charge < -0.3 is 14.2 Å². The Balaban J connectivity index is 2.57. The van der Waals surface area contributed by atoms with Crippen LogP contribution in [0.15, 0.2) is 24.3 Å². The summed E-state index contributed by atoms with van der Waals surface area (Å²) in [5.41, 5.74) is 0. The second kappa shape index (κ2) is 8.40. The van der Waals surface area contributed by atoms with Crippen LogP contribution in [-0.2, 0) is 9.53 Å². The first-order chi connectivity index (χ1) is 9.21. The van der Waals surface area contributed by atoms with Crippen molar-refractivity contribution >= 4 is 5.97 Å². The molecule has 1 aromatic rings. The molecule has 0 saturated carbocycles. The molecule has 0 spiro atoms. The van der Waals surface area contributed by atoms with Gasteiger partial charge in [0.25, 0.3) is 0 Å². The lowest BCUT2D eigenvalue weighted by Crippen LogP contribution is -2.28. The minimum absolute atomic E-state index is 0.323. The topological polar surface area (TPSA) is 44.8 Å². The highest BCUT2D eigenvalue weighted by Crippen LogP contribution is 2.19. The molecule has 1 aromatic carbocycles. The maximum atomic E-state index is 11.6. The van der Waals surface area contributed by atoms with Crippen LogP contribution in [0.25, 0.3) is 0 Å². The molecular formula is C15H22O4. The monoisotopic (exact) mass is 266 g/mol. The molecule has 1 unspecified atom stereocenters. The van der Waals surface area contributed by atoms with Crippen molar-refractivity contribution in [2.24, 2.45) is 0 Å². The summed E-state index contributed by atoms with van der Waals surface area (Å²) in [6.45, 7) is 6.79. The largest absolute Gasteiger partial charge is 0.494 e. The zero-order chi connectivity index (χ0) is 14.1. The van der Waals surface area contributed by atoms with Crippen LogP contribution in [0.4, 0.5) is 0 Å². The Morgan fingerprint density at radius 3 is 2.26 bits per heavy atom. The summed E-state index contributed by atoms with van der Waals surface area (Å²) >= 11 is 0. The summed E-state index contributed by atoms with van der Waals surface area (Å²) in [5.74, 6) is 1.12. The fraction of sp³-hybridized carbons (Fsp3) is 0.533. The molecule has 19 heavy (non-hydrogen) atoms. The molecule has 0 N–H and O–H groups in total. The zero-order valence-electron chi connectivity index (χ0n) is 11.8. The highest BCUT2D eigenvalue weighted by Gasteiger charge is 2.19. The Bertz CT molecular complexity index is 372. The number of ether oxygens (including phenoxy) is 3. The van der Waals surface area contributed by atoms with Crippen molar-refractivity contribution in [1.82, 2.24) is 0 Å². The van der Waals surface area contributed by atoms with E-state index in [1.165, 1.54) is 0 Å². The first kappa shape index (κ1) is 15.3. The van der Waals surface area contributed by atoms with E-state index in [1.807, 2.05) is 19.1 Å². The second-order valence-electron chi connectivity index (χ2n) is 4.09. The lowest BCUT2D eigenvalue weighted by Gasteiger charge is -2.16. The van der Waals surface area contributed by atoms with E-state index in [2.05, 4.69) is 6.92 Å². The summed E-state index contributed by atoms with van der Waals surface area (Å²) in [5, 5.41) is 0. The maximum Gasteiger partial charge on any atom is 0.347 e. The molecule has 0 saturated heterocycles. The van der Waals surface area contributed by atoms with Gasteiger partial charge in [-0.15, -0.1) is 0 Å². The van der Waals surface area contributed by atoms with E-state index in [9.17, 15) is 4.79 Å². The summed E-state index contributed by atoms with van der Waals surface area (Å²) in [7, 11) is 0. The van der Waals surface area contributed by atoms with Gasteiger partial charge in [0.05, 0.1) is 13.2 Å². The third kappa shape index (κ3) is 5.20. The Kier molecular flexibility index (Phi) is 6.79. The average Bonchev–Trinajstić information content (AvgIpc) is 2.44. The van der Waals surface area contributed by atoms with Crippen molar-refractivity contribution in [3.05, 3.63) is 24.3 Å². The van der Waals surface area contributed by atoms with E-state index in [-0.39, 0.29) is 5.97 Å². The van der Waals surface area contributed by atoms with Gasteiger partial charge in [0.2, 0.25) is 0 Å². The van der Waals surface area contributed by atoms with Crippen molar-refractivity contribution in [3.8, 4) is 11.5 Å². The van der Waals surface area contributed by atoms with Crippen LogP contribution in [0, 0.1) is 0 Å². The Hall–Kier alpha value is -1.71. The molecule has 0 aromatic heterocycles. The third-order valence-electron chi connectivity index (χ3n) is 2.50. The van der Waals surface area contributed by atoms with E-state index in [4.69, 9.17) is 14.2 Å². The zero-order valence-corrected chi connectivity index (χ0v) is 11.8. The van der Waals surface area contributed by atoms with Crippen LogP contribution in [0.2, 0.25) is 0 Å². The second-order valence-corrected chi connectivity index (χ2v) is 4.09. The maximum absolute atomic E-state index is 11.6. The van der Waals surface area contributed by atoms with Crippen LogP contribution < -0.4 is 9.47 Å². The summed E-state index contributed by atoms with van der Waals surface area (Å²) in [4.78, 5) is 11.6. The molecule has 0 aliphatic carbocycles. The van der Waals surface area contributed by atoms with Crippen LogP contribution in [0.5, 0.6) is 11.5 Å². The molecule has 4 heteroatoms. The number of benzene rings is 1. The molecule has 0 aliphatic rings. The Morgan fingerprint density at radius 2 is 1.74 bits per heavy atom. The van der Waals surface area contributed by atoms with E-state index < -0.39 is 6.10 Å². The fourth-order valence-corrected chi connectivity index (χ4v) is 1.53. The predicted octanol–water partition coefficient (Wildman–Crippen LogP) is 3.20. The molecule has 1 rings (SSSR count). The summed E-state index contributed by atoms with van der Waals surface area (Å²) < 4.78 is 16.0. The molecule has 4 nitrogen and oxygen atoms in total. The lowest BCUT2D eigenvalue weighted by molar-refractivity contribution is -0.151. The van der Waals surface area contributed by atoms with Crippen LogP contribution in [0.1, 0.15) is 33.6 Å². The number of hydrogen-bond donors (Lipinski definition) is 0. The standard InChI is InChI=1S/C15H22O4/c1-4-11-18-12-7-9-13(10-8-12)19-14(5-2)15(16)17-6-3/h7-10,14H,4-6,11H2,1-3H3. The Labute approximate surface area is 114 Å². The van der Waals surface area contributed by atoms with Crippen LogP contribution in [-0.4, -0.2) is 25.3 Å². The van der Waals surface area contributed by atoms with E-state index >= 15 is 0 Å². The molecule has 0 bridgehead atoms. The SMILES string of the molecule is CCCOc1ccc(OC(CC)C(=O)OCC)cc1. The third-order valence-corrected chi connectivity index (χ3v) is 2.50. The van der Waals surface area contributed by atoms with Gasteiger partial charge in [-0.3, -0.25) is 0 Å². The molecule has 0 radical (unpaired) electrons. The van der Waals surface area contributed by atoms with Gasteiger partial charge in [-0.05, 0) is 44.0 Å². The molecule has 0 amide bonds. The molecule has 0 fully saturated rings. The number of esters is 1. The normalized spacial score (nSPS) is 11.7. The molecule has 1 atom stereocenters. The molecular weight excluding hydrogens is 244 g/mol. The Morgan fingerprint density at radius 1 is 1.11 bits per heavy atom. The predicted molar refractivity (Wildman–Crippen MR) is 73.6 cm³/mol. The van der Waals surface area contributed by atoms with Crippen molar-refractivity contribution in [2.75, 3.05) is 13.2 Å². The van der Waals surface area contributed by atoms with Gasteiger partial charge in [-0.2, -0.15) is 0 Å². The van der Waals surface area contributed by atoms with Crippen LogP contribution in [0.3, 0.4) is 0 Å². The van der Waals surface area contributed by atoms with Gasteiger partial charge in [-0.25, -0.2) is 4.79 Å². The van der Waals surface area contributed by atoms with E-state index in [0.29, 0.717) is 25.4 Å². The number of carbonyl (C=O) groups excluding carboxylic acids is 1.